The van der Waals surface area contributed by atoms with Gasteiger partial charge in [0.05, 0.1) is 10.3 Å². The first-order valence-corrected chi connectivity index (χ1v) is 6.92. The zero-order chi connectivity index (χ0) is 14.0. The Balaban J connectivity index is 2.87. The number of pyridine rings is 1. The number of nitrogens with two attached hydrogens (primary N) is 1. The zero-order valence-electron chi connectivity index (χ0n) is 9.97. The number of rotatable bonds is 5. The molecule has 0 aromatic carbocycles. The first-order valence-electron chi connectivity index (χ1n) is 5.06. The fraction of sp³-hybridized carbons (Fsp3) is 0.400. The Kier molecular flexibility index (Phi) is 4.31. The predicted molar refractivity (Wildman–Crippen MR) is 67.4 cm³/mol. The summed E-state index contributed by atoms with van der Waals surface area (Å²) in [5, 5.41) is 0.0760. The number of hydrogen-bond donors (Lipinski definition) is 2. The van der Waals surface area contributed by atoms with Gasteiger partial charge in [-0.25, -0.2) is 18.1 Å². The molecule has 8 heteroatoms. The zero-order valence-corrected chi connectivity index (χ0v) is 11.5. The highest BCUT2D eigenvalue weighted by Crippen LogP contribution is 2.16. The van der Waals surface area contributed by atoms with Crippen LogP contribution in [0.5, 0.6) is 0 Å². The number of nitrogens with one attached hydrogen (secondary N) is 1. The molecule has 0 spiro atoms. The molecule has 0 unspecified atom stereocenters. The average molecular weight is 292 g/mol. The second-order valence-corrected chi connectivity index (χ2v) is 6.54. The average Bonchev–Trinajstić information content (AvgIpc) is 2.26. The van der Waals surface area contributed by atoms with E-state index >= 15 is 0 Å². The minimum absolute atomic E-state index is 0.0113. The summed E-state index contributed by atoms with van der Waals surface area (Å²) >= 11 is 5.61. The molecule has 0 saturated heterocycles. The molecule has 1 rings (SSSR count). The largest absolute Gasteiger partial charge is 0.369 e. The highest BCUT2D eigenvalue weighted by Gasteiger charge is 2.27. The number of primary amides is 1. The fourth-order valence-corrected chi connectivity index (χ4v) is 2.46. The van der Waals surface area contributed by atoms with E-state index in [1.807, 2.05) is 0 Å². The highest BCUT2D eigenvalue weighted by molar-refractivity contribution is 7.89. The maximum Gasteiger partial charge on any atom is 0.240 e. The van der Waals surface area contributed by atoms with Crippen LogP contribution in [-0.2, 0) is 14.8 Å². The Labute approximate surface area is 111 Å². The van der Waals surface area contributed by atoms with E-state index in [1.54, 1.807) is 13.8 Å². The van der Waals surface area contributed by atoms with E-state index in [0.29, 0.717) is 0 Å². The minimum atomic E-state index is -3.73. The molecule has 0 saturated carbocycles. The molecule has 3 N–H and O–H groups in total. The maximum atomic E-state index is 11.9. The van der Waals surface area contributed by atoms with Gasteiger partial charge in [0.15, 0.2) is 0 Å². The number of aromatic nitrogens is 1. The number of hydrogen-bond acceptors (Lipinski definition) is 4. The molecule has 100 valence electrons. The van der Waals surface area contributed by atoms with Gasteiger partial charge >= 0.3 is 0 Å². The Morgan fingerprint density at radius 2 is 2.17 bits per heavy atom. The summed E-state index contributed by atoms with van der Waals surface area (Å²) in [6, 6.07) is 2.53. The van der Waals surface area contributed by atoms with Crippen molar-refractivity contribution in [3.63, 3.8) is 0 Å². The number of carbonyl (C=O) groups excluding carboxylic acids is 1. The molecule has 18 heavy (non-hydrogen) atoms. The van der Waals surface area contributed by atoms with Gasteiger partial charge in [-0.3, -0.25) is 4.79 Å². The van der Waals surface area contributed by atoms with Gasteiger partial charge in [-0.05, 0) is 26.0 Å². The molecule has 0 radical (unpaired) electrons. The maximum absolute atomic E-state index is 11.9. The van der Waals surface area contributed by atoms with Crippen LogP contribution in [0.15, 0.2) is 23.2 Å². The van der Waals surface area contributed by atoms with Crippen molar-refractivity contribution < 1.29 is 13.2 Å². The van der Waals surface area contributed by atoms with Gasteiger partial charge in [-0.15, -0.1) is 0 Å². The lowest BCUT2D eigenvalue weighted by Gasteiger charge is -2.20. The van der Waals surface area contributed by atoms with E-state index in [-0.39, 0.29) is 16.6 Å². The quantitative estimate of drug-likeness (QED) is 0.772. The van der Waals surface area contributed by atoms with Gasteiger partial charge in [0.25, 0.3) is 0 Å². The number of nitrogens with zero attached hydrogens (tertiary/aromatic N) is 1. The summed E-state index contributed by atoms with van der Waals surface area (Å²) in [5.74, 6) is -0.585. The van der Waals surface area contributed by atoms with E-state index in [4.69, 9.17) is 17.3 Å². The Morgan fingerprint density at radius 1 is 1.56 bits per heavy atom. The van der Waals surface area contributed by atoms with Gasteiger partial charge in [-0.2, -0.15) is 0 Å². The molecule has 0 aliphatic rings. The van der Waals surface area contributed by atoms with Gasteiger partial charge < -0.3 is 5.73 Å². The van der Waals surface area contributed by atoms with Crippen LogP contribution in [0.25, 0.3) is 0 Å². The molecule has 6 nitrogen and oxygen atoms in total. The first-order chi connectivity index (χ1) is 8.15. The Hall–Kier alpha value is -1.18. The van der Waals surface area contributed by atoms with Crippen LogP contribution in [0.1, 0.15) is 13.8 Å². The third kappa shape index (κ3) is 3.66. The molecule has 0 aliphatic carbocycles. The molecule has 1 amide bonds. The Bertz CT molecular complexity index is 557. The van der Waals surface area contributed by atoms with Crippen LogP contribution < -0.4 is 10.5 Å². The molecule has 0 bridgehead atoms. The molecular weight excluding hydrogens is 278 g/mol. The van der Waals surface area contributed by atoms with E-state index < -0.39 is 21.3 Å². The number of sulfonamides is 1. The standard InChI is InChI=1S/C10H14ClN3O3S/c1-10(2,9(12)15)6-14-18(16,17)7-3-4-13-8(11)5-7/h3-5,14H,6H2,1-2H3,(H2,12,15). The molecule has 0 aliphatic heterocycles. The van der Waals surface area contributed by atoms with E-state index in [2.05, 4.69) is 9.71 Å². The van der Waals surface area contributed by atoms with Crippen LogP contribution in [-0.4, -0.2) is 25.9 Å². The lowest BCUT2D eigenvalue weighted by Crippen LogP contribution is -2.42. The van der Waals surface area contributed by atoms with Crippen LogP contribution >= 0.6 is 11.6 Å². The van der Waals surface area contributed by atoms with Crippen molar-refractivity contribution in [1.82, 2.24) is 9.71 Å². The first kappa shape index (κ1) is 14.9. The summed E-state index contributed by atoms with van der Waals surface area (Å²) in [6.07, 6.45) is 1.29. The third-order valence-electron chi connectivity index (χ3n) is 2.38. The summed E-state index contributed by atoms with van der Waals surface area (Å²) in [6.45, 7) is 3.01. The van der Waals surface area contributed by atoms with Crippen molar-refractivity contribution in [3.8, 4) is 0 Å². The molecule has 1 heterocycles. The van der Waals surface area contributed by atoms with Gasteiger partial charge in [0, 0.05) is 12.7 Å². The predicted octanol–water partition coefficient (Wildman–Crippen LogP) is 0.525. The second kappa shape index (κ2) is 5.21. The lowest BCUT2D eigenvalue weighted by molar-refractivity contribution is -0.125. The number of amides is 1. The van der Waals surface area contributed by atoms with E-state index in [0.717, 1.165) is 0 Å². The number of carbonyl (C=O) groups is 1. The van der Waals surface area contributed by atoms with Gasteiger partial charge in [0.1, 0.15) is 5.15 Å². The van der Waals surface area contributed by atoms with Crippen LogP contribution in [0.2, 0.25) is 5.15 Å². The van der Waals surface area contributed by atoms with Gasteiger partial charge in [0.2, 0.25) is 15.9 Å². The molecule has 1 aromatic heterocycles. The molecule has 0 fully saturated rings. The molecule has 0 atom stereocenters. The van der Waals surface area contributed by atoms with Crippen molar-refractivity contribution in [2.45, 2.75) is 18.7 Å². The Morgan fingerprint density at radius 3 is 2.67 bits per heavy atom. The van der Waals surface area contributed by atoms with E-state index in [9.17, 15) is 13.2 Å². The highest BCUT2D eigenvalue weighted by atomic mass is 35.5. The topological polar surface area (TPSA) is 102 Å². The van der Waals surface area contributed by atoms with Crippen molar-refractivity contribution in [1.29, 1.82) is 0 Å². The smallest absolute Gasteiger partial charge is 0.240 e. The molecule has 1 aromatic rings. The summed E-state index contributed by atoms with van der Waals surface area (Å²) in [4.78, 5) is 14.8. The lowest BCUT2D eigenvalue weighted by atomic mass is 9.93. The number of halogens is 1. The second-order valence-electron chi connectivity index (χ2n) is 4.39. The normalized spacial score (nSPS) is 12.4. The monoisotopic (exact) mass is 291 g/mol. The molecular formula is C10H14ClN3O3S. The van der Waals surface area contributed by atoms with Crippen LogP contribution in [0, 0.1) is 5.41 Å². The SMILES string of the molecule is CC(C)(CNS(=O)(=O)c1ccnc(Cl)c1)C(N)=O. The third-order valence-corrected chi connectivity index (χ3v) is 3.99. The van der Waals surface area contributed by atoms with Crippen molar-refractivity contribution >= 4 is 27.5 Å². The van der Waals surface area contributed by atoms with Crippen molar-refractivity contribution in [2.24, 2.45) is 11.1 Å². The van der Waals surface area contributed by atoms with Crippen LogP contribution in [0.4, 0.5) is 0 Å². The summed E-state index contributed by atoms with van der Waals surface area (Å²) in [5.41, 5.74) is 4.19. The summed E-state index contributed by atoms with van der Waals surface area (Å²) in [7, 11) is -3.73. The van der Waals surface area contributed by atoms with E-state index in [1.165, 1.54) is 18.3 Å². The van der Waals surface area contributed by atoms with Crippen molar-refractivity contribution in [2.75, 3.05) is 6.54 Å². The minimum Gasteiger partial charge on any atom is -0.369 e. The fourth-order valence-electron chi connectivity index (χ4n) is 0.998. The van der Waals surface area contributed by atoms with Crippen molar-refractivity contribution in [3.05, 3.63) is 23.5 Å². The van der Waals surface area contributed by atoms with Crippen LogP contribution in [0.3, 0.4) is 0 Å². The summed E-state index contributed by atoms with van der Waals surface area (Å²) < 4.78 is 26.1. The van der Waals surface area contributed by atoms with Gasteiger partial charge in [-0.1, -0.05) is 11.6 Å².